The molecule has 0 aliphatic carbocycles. The van der Waals surface area contributed by atoms with Crippen LogP contribution >= 0.6 is 0 Å². The van der Waals surface area contributed by atoms with Crippen molar-refractivity contribution in [1.82, 2.24) is 0 Å². The highest BCUT2D eigenvalue weighted by molar-refractivity contribution is 6.00. The Morgan fingerprint density at radius 3 is 2.32 bits per heavy atom. The maximum absolute atomic E-state index is 12.5. The lowest BCUT2D eigenvalue weighted by atomic mass is 10.1. The van der Waals surface area contributed by atoms with E-state index < -0.39 is 23.9 Å². The number of nitrogens with one attached hydrogen (secondary N) is 1. The molecule has 3 rings (SSSR count). The van der Waals surface area contributed by atoms with Gasteiger partial charge >= 0.3 is 5.97 Å². The van der Waals surface area contributed by atoms with E-state index in [-0.39, 0.29) is 24.7 Å². The van der Waals surface area contributed by atoms with Crippen LogP contribution in [-0.4, -0.2) is 36.2 Å². The molecule has 0 radical (unpaired) electrons. The second kappa shape index (κ2) is 9.55. The van der Waals surface area contributed by atoms with Gasteiger partial charge in [0.15, 0.2) is 11.9 Å². The number of esters is 1. The van der Waals surface area contributed by atoms with Gasteiger partial charge in [-0.1, -0.05) is 19.1 Å². The number of benzene rings is 2. The summed E-state index contributed by atoms with van der Waals surface area (Å²) in [6.07, 6.45) is -0.0628. The summed E-state index contributed by atoms with van der Waals surface area (Å²) < 4.78 is 5.32. The van der Waals surface area contributed by atoms with E-state index in [9.17, 15) is 19.2 Å². The molecule has 0 saturated carbocycles. The summed E-state index contributed by atoms with van der Waals surface area (Å²) in [5.41, 5.74) is 2.95. The number of hydrogen-bond donors (Lipinski definition) is 1. The number of nitrogens with zero attached hydrogens (tertiary/aromatic N) is 1. The highest BCUT2D eigenvalue weighted by Crippen LogP contribution is 2.26. The van der Waals surface area contributed by atoms with Crippen LogP contribution < -0.4 is 10.2 Å². The zero-order valence-corrected chi connectivity index (χ0v) is 17.9. The predicted molar refractivity (Wildman–Crippen MR) is 117 cm³/mol. The van der Waals surface area contributed by atoms with E-state index in [1.54, 1.807) is 29.2 Å². The molecule has 31 heavy (non-hydrogen) atoms. The topological polar surface area (TPSA) is 92.8 Å². The fraction of sp³-hybridized carbons (Fsp3) is 0.333. The van der Waals surface area contributed by atoms with E-state index in [0.29, 0.717) is 11.3 Å². The Balaban J connectivity index is 1.55. The van der Waals surface area contributed by atoms with Gasteiger partial charge < -0.3 is 15.0 Å². The standard InChI is InChI=1S/C24H26N2O5/c1-4-17-5-11-21(12-6-17)26-14-19(13-22(26)28)24(30)31-16(3)23(29)25-20-9-7-18(8-10-20)15(2)27/h5-12,16,19H,4,13-14H2,1-3H3,(H,25,29)/t16-,19+/m1/s1. The van der Waals surface area contributed by atoms with Gasteiger partial charge in [0.25, 0.3) is 5.91 Å². The molecule has 0 aromatic heterocycles. The highest BCUT2D eigenvalue weighted by Gasteiger charge is 2.37. The molecule has 1 aliphatic rings. The Kier molecular flexibility index (Phi) is 6.84. The number of rotatable bonds is 7. The zero-order chi connectivity index (χ0) is 22.5. The third-order valence-corrected chi connectivity index (χ3v) is 5.34. The molecule has 1 heterocycles. The summed E-state index contributed by atoms with van der Waals surface area (Å²) in [6.45, 7) is 5.23. The van der Waals surface area contributed by atoms with Gasteiger partial charge in [-0.2, -0.15) is 0 Å². The first-order chi connectivity index (χ1) is 14.8. The van der Waals surface area contributed by atoms with Gasteiger partial charge in [-0.05, 0) is 62.2 Å². The molecular formula is C24H26N2O5. The van der Waals surface area contributed by atoms with Crippen molar-refractivity contribution in [2.45, 2.75) is 39.7 Å². The van der Waals surface area contributed by atoms with Crippen LogP contribution in [0.5, 0.6) is 0 Å². The number of carbonyl (C=O) groups is 4. The predicted octanol–water partition coefficient (Wildman–Crippen LogP) is 3.37. The minimum atomic E-state index is -1.02. The van der Waals surface area contributed by atoms with Gasteiger partial charge in [0.1, 0.15) is 0 Å². The van der Waals surface area contributed by atoms with Crippen LogP contribution in [0.2, 0.25) is 0 Å². The van der Waals surface area contributed by atoms with Crippen molar-refractivity contribution in [3.05, 3.63) is 59.7 Å². The number of Topliss-reactive ketones (excluding diaryl/α,β-unsaturated/α-hetero) is 1. The van der Waals surface area contributed by atoms with E-state index in [4.69, 9.17) is 4.74 Å². The molecule has 7 heteroatoms. The fourth-order valence-electron chi connectivity index (χ4n) is 3.38. The van der Waals surface area contributed by atoms with E-state index in [0.717, 1.165) is 12.1 Å². The average Bonchev–Trinajstić information content (AvgIpc) is 3.15. The van der Waals surface area contributed by atoms with Gasteiger partial charge in [-0.15, -0.1) is 0 Å². The fourth-order valence-corrected chi connectivity index (χ4v) is 3.38. The van der Waals surface area contributed by atoms with Gasteiger partial charge in [-0.25, -0.2) is 0 Å². The van der Waals surface area contributed by atoms with E-state index in [1.807, 2.05) is 24.3 Å². The molecule has 2 aromatic carbocycles. The van der Waals surface area contributed by atoms with E-state index in [2.05, 4.69) is 12.2 Å². The summed E-state index contributed by atoms with van der Waals surface area (Å²) in [5, 5.41) is 2.65. The van der Waals surface area contributed by atoms with Crippen LogP contribution in [-0.2, 0) is 25.5 Å². The van der Waals surface area contributed by atoms with Gasteiger partial charge in [0.05, 0.1) is 5.92 Å². The van der Waals surface area contributed by atoms with E-state index >= 15 is 0 Å². The molecule has 2 aromatic rings. The molecule has 0 bridgehead atoms. The zero-order valence-electron chi connectivity index (χ0n) is 17.9. The first kappa shape index (κ1) is 22.2. The van der Waals surface area contributed by atoms with Gasteiger partial charge in [0.2, 0.25) is 5.91 Å². The molecule has 1 saturated heterocycles. The lowest BCUT2D eigenvalue weighted by molar-refractivity contribution is -0.157. The summed E-state index contributed by atoms with van der Waals surface area (Å²) in [5.74, 6) is -1.89. The van der Waals surface area contributed by atoms with Crippen molar-refractivity contribution in [2.75, 3.05) is 16.8 Å². The van der Waals surface area contributed by atoms with Crippen LogP contribution in [0.3, 0.4) is 0 Å². The molecule has 1 N–H and O–H groups in total. The molecular weight excluding hydrogens is 396 g/mol. The lowest BCUT2D eigenvalue weighted by Gasteiger charge is -2.18. The summed E-state index contributed by atoms with van der Waals surface area (Å²) in [7, 11) is 0. The quantitative estimate of drug-likeness (QED) is 0.545. The third-order valence-electron chi connectivity index (χ3n) is 5.34. The minimum Gasteiger partial charge on any atom is -0.452 e. The van der Waals surface area contributed by atoms with Crippen LogP contribution in [0.15, 0.2) is 48.5 Å². The van der Waals surface area contributed by atoms with Crippen molar-refractivity contribution in [3.63, 3.8) is 0 Å². The second-order valence-corrected chi connectivity index (χ2v) is 7.63. The normalized spacial score (nSPS) is 16.7. The highest BCUT2D eigenvalue weighted by atomic mass is 16.5. The number of hydrogen-bond acceptors (Lipinski definition) is 5. The van der Waals surface area contributed by atoms with Gasteiger partial charge in [0, 0.05) is 29.9 Å². The number of amides is 2. The molecule has 0 spiro atoms. The average molecular weight is 422 g/mol. The van der Waals surface area contributed by atoms with Crippen LogP contribution in [0, 0.1) is 5.92 Å². The molecule has 1 fully saturated rings. The van der Waals surface area contributed by atoms with Crippen LogP contribution in [0.1, 0.15) is 43.1 Å². The number of aryl methyl sites for hydroxylation is 1. The summed E-state index contributed by atoms with van der Waals surface area (Å²) >= 11 is 0. The summed E-state index contributed by atoms with van der Waals surface area (Å²) in [6, 6.07) is 14.1. The maximum atomic E-state index is 12.5. The molecule has 7 nitrogen and oxygen atoms in total. The number of anilines is 2. The van der Waals surface area contributed by atoms with Crippen molar-refractivity contribution >= 4 is 34.9 Å². The molecule has 0 unspecified atom stereocenters. The monoisotopic (exact) mass is 422 g/mol. The first-order valence-electron chi connectivity index (χ1n) is 10.3. The SMILES string of the molecule is CCc1ccc(N2C[C@@H](C(=O)O[C@H](C)C(=O)Nc3ccc(C(C)=O)cc3)CC2=O)cc1. The van der Waals surface area contributed by atoms with Crippen molar-refractivity contribution < 1.29 is 23.9 Å². The molecule has 1 aliphatic heterocycles. The van der Waals surface area contributed by atoms with Crippen LogP contribution in [0.25, 0.3) is 0 Å². The smallest absolute Gasteiger partial charge is 0.312 e. The summed E-state index contributed by atoms with van der Waals surface area (Å²) in [4.78, 5) is 50.2. The van der Waals surface area contributed by atoms with Crippen LogP contribution in [0.4, 0.5) is 11.4 Å². The Labute approximate surface area is 181 Å². The lowest BCUT2D eigenvalue weighted by Crippen LogP contribution is -2.33. The molecule has 162 valence electrons. The number of ether oxygens (including phenoxy) is 1. The number of carbonyl (C=O) groups excluding carboxylic acids is 4. The Hall–Kier alpha value is -3.48. The molecule has 2 atom stereocenters. The Morgan fingerprint density at radius 1 is 1.10 bits per heavy atom. The third kappa shape index (κ3) is 5.36. The second-order valence-electron chi connectivity index (χ2n) is 7.63. The Morgan fingerprint density at radius 2 is 1.74 bits per heavy atom. The van der Waals surface area contributed by atoms with Crippen molar-refractivity contribution in [2.24, 2.45) is 5.92 Å². The molecule has 2 amide bonds. The number of ketones is 1. The Bertz CT molecular complexity index is 982. The minimum absolute atomic E-state index is 0.0508. The van der Waals surface area contributed by atoms with E-state index in [1.165, 1.54) is 19.4 Å². The first-order valence-corrected chi connectivity index (χ1v) is 10.3. The maximum Gasteiger partial charge on any atom is 0.312 e. The largest absolute Gasteiger partial charge is 0.452 e. The van der Waals surface area contributed by atoms with Gasteiger partial charge in [-0.3, -0.25) is 19.2 Å². The van der Waals surface area contributed by atoms with Crippen molar-refractivity contribution in [1.29, 1.82) is 0 Å². The van der Waals surface area contributed by atoms with Crippen molar-refractivity contribution in [3.8, 4) is 0 Å².